The number of piperidine rings is 1. The third-order valence-corrected chi connectivity index (χ3v) is 5.07. The molecule has 3 nitrogen and oxygen atoms in total. The van der Waals surface area contributed by atoms with E-state index in [4.69, 9.17) is 4.74 Å². The fourth-order valence-corrected chi connectivity index (χ4v) is 3.40. The maximum atomic E-state index is 5.79. The summed E-state index contributed by atoms with van der Waals surface area (Å²) in [5.41, 5.74) is 0.295. The summed E-state index contributed by atoms with van der Waals surface area (Å²) in [4.78, 5) is 2.52. The molecular formula is C15H30N2O. The second-order valence-corrected chi connectivity index (χ2v) is 6.59. The first-order valence-corrected chi connectivity index (χ1v) is 7.61. The van der Waals surface area contributed by atoms with Crippen molar-refractivity contribution in [3.05, 3.63) is 0 Å². The SMILES string of the molecule is CCOC1CC(NCC2CCCCN2C)C1(C)C. The Morgan fingerprint density at radius 1 is 1.33 bits per heavy atom. The van der Waals surface area contributed by atoms with E-state index in [1.54, 1.807) is 0 Å². The van der Waals surface area contributed by atoms with Gasteiger partial charge in [-0.3, -0.25) is 0 Å². The minimum Gasteiger partial charge on any atom is -0.378 e. The number of nitrogens with zero attached hydrogens (tertiary/aromatic N) is 1. The zero-order chi connectivity index (χ0) is 13.2. The van der Waals surface area contributed by atoms with E-state index in [1.165, 1.54) is 32.2 Å². The van der Waals surface area contributed by atoms with Gasteiger partial charge in [0.2, 0.25) is 0 Å². The molecule has 3 atom stereocenters. The summed E-state index contributed by atoms with van der Waals surface area (Å²) in [5, 5.41) is 3.78. The van der Waals surface area contributed by atoms with Gasteiger partial charge >= 0.3 is 0 Å². The van der Waals surface area contributed by atoms with Crippen LogP contribution in [0.3, 0.4) is 0 Å². The highest BCUT2D eigenvalue weighted by Gasteiger charge is 2.48. The van der Waals surface area contributed by atoms with Gasteiger partial charge in [-0.2, -0.15) is 0 Å². The first-order valence-electron chi connectivity index (χ1n) is 7.61. The highest BCUT2D eigenvalue weighted by Crippen LogP contribution is 2.42. The molecule has 2 fully saturated rings. The Hall–Kier alpha value is -0.120. The van der Waals surface area contributed by atoms with Crippen molar-refractivity contribution in [3.8, 4) is 0 Å². The molecule has 1 saturated carbocycles. The molecule has 0 amide bonds. The molecule has 1 saturated heterocycles. The molecule has 3 unspecified atom stereocenters. The van der Waals surface area contributed by atoms with Crippen LogP contribution in [0.25, 0.3) is 0 Å². The molecule has 1 heterocycles. The quantitative estimate of drug-likeness (QED) is 0.814. The molecule has 106 valence electrons. The summed E-state index contributed by atoms with van der Waals surface area (Å²) in [7, 11) is 2.26. The summed E-state index contributed by atoms with van der Waals surface area (Å²) in [6.07, 6.45) is 5.74. The highest BCUT2D eigenvalue weighted by molar-refractivity contribution is 5.03. The van der Waals surface area contributed by atoms with Crippen LogP contribution in [0.2, 0.25) is 0 Å². The van der Waals surface area contributed by atoms with Crippen LogP contribution in [-0.2, 0) is 4.74 Å². The number of ether oxygens (including phenoxy) is 1. The van der Waals surface area contributed by atoms with Gasteiger partial charge in [0.05, 0.1) is 6.10 Å². The lowest BCUT2D eigenvalue weighted by molar-refractivity contribution is -0.115. The van der Waals surface area contributed by atoms with E-state index in [0.717, 1.165) is 19.2 Å². The van der Waals surface area contributed by atoms with E-state index in [9.17, 15) is 0 Å². The lowest BCUT2D eigenvalue weighted by Crippen LogP contribution is -2.62. The van der Waals surface area contributed by atoms with Crippen molar-refractivity contribution in [2.75, 3.05) is 26.7 Å². The Labute approximate surface area is 112 Å². The normalized spacial score (nSPS) is 36.3. The zero-order valence-electron chi connectivity index (χ0n) is 12.5. The van der Waals surface area contributed by atoms with Gasteiger partial charge in [0, 0.05) is 30.7 Å². The summed E-state index contributed by atoms with van der Waals surface area (Å²) >= 11 is 0. The molecule has 1 N–H and O–H groups in total. The van der Waals surface area contributed by atoms with Crippen LogP contribution < -0.4 is 5.32 Å². The summed E-state index contributed by atoms with van der Waals surface area (Å²) in [6, 6.07) is 1.37. The lowest BCUT2D eigenvalue weighted by Gasteiger charge is -2.52. The number of likely N-dealkylation sites (N-methyl/N-ethyl adjacent to an activating group) is 1. The average molecular weight is 254 g/mol. The largest absolute Gasteiger partial charge is 0.378 e. The fourth-order valence-electron chi connectivity index (χ4n) is 3.40. The number of nitrogens with one attached hydrogen (secondary N) is 1. The van der Waals surface area contributed by atoms with Gasteiger partial charge in [-0.15, -0.1) is 0 Å². The third kappa shape index (κ3) is 2.89. The van der Waals surface area contributed by atoms with Gasteiger partial charge in [0.25, 0.3) is 0 Å². The maximum absolute atomic E-state index is 5.79. The predicted molar refractivity (Wildman–Crippen MR) is 75.9 cm³/mol. The molecule has 3 heteroatoms. The summed E-state index contributed by atoms with van der Waals surface area (Å²) in [6.45, 7) is 10.0. The van der Waals surface area contributed by atoms with Crippen LogP contribution in [0.4, 0.5) is 0 Å². The van der Waals surface area contributed by atoms with E-state index in [2.05, 4.69) is 38.0 Å². The van der Waals surface area contributed by atoms with Crippen molar-refractivity contribution >= 4 is 0 Å². The first kappa shape index (κ1) is 14.3. The molecule has 0 aromatic heterocycles. The lowest BCUT2D eigenvalue weighted by atomic mass is 9.64. The molecule has 0 aromatic rings. The van der Waals surface area contributed by atoms with Crippen molar-refractivity contribution in [2.24, 2.45) is 5.41 Å². The van der Waals surface area contributed by atoms with Gasteiger partial charge in [-0.25, -0.2) is 0 Å². The van der Waals surface area contributed by atoms with Crippen LogP contribution in [0.15, 0.2) is 0 Å². The Morgan fingerprint density at radius 3 is 2.72 bits per heavy atom. The number of hydrogen-bond acceptors (Lipinski definition) is 3. The molecule has 0 aromatic carbocycles. The van der Waals surface area contributed by atoms with E-state index in [-0.39, 0.29) is 0 Å². The standard InChI is InChI=1S/C15H30N2O/c1-5-18-14-10-13(15(14,2)3)16-11-12-8-6-7-9-17(12)4/h12-14,16H,5-11H2,1-4H3. The minimum atomic E-state index is 0.295. The average Bonchev–Trinajstić information content (AvgIpc) is 2.35. The Kier molecular flexibility index (Phi) is 4.68. The fraction of sp³-hybridized carbons (Fsp3) is 1.00. The molecule has 1 aliphatic heterocycles. The van der Waals surface area contributed by atoms with Gasteiger partial charge in [-0.1, -0.05) is 20.3 Å². The number of likely N-dealkylation sites (tertiary alicyclic amines) is 1. The van der Waals surface area contributed by atoms with Crippen molar-refractivity contribution in [1.29, 1.82) is 0 Å². The van der Waals surface area contributed by atoms with Crippen molar-refractivity contribution in [2.45, 2.75) is 64.6 Å². The van der Waals surface area contributed by atoms with Crippen LogP contribution in [-0.4, -0.2) is 49.8 Å². The van der Waals surface area contributed by atoms with Gasteiger partial charge < -0.3 is 15.0 Å². The Balaban J connectivity index is 1.74. The molecule has 0 spiro atoms. The smallest absolute Gasteiger partial charge is 0.0655 e. The molecule has 2 aliphatic rings. The second kappa shape index (κ2) is 5.89. The van der Waals surface area contributed by atoms with Crippen LogP contribution in [0, 0.1) is 5.41 Å². The van der Waals surface area contributed by atoms with Crippen LogP contribution >= 0.6 is 0 Å². The van der Waals surface area contributed by atoms with E-state index >= 15 is 0 Å². The van der Waals surface area contributed by atoms with Crippen molar-refractivity contribution in [1.82, 2.24) is 10.2 Å². The summed E-state index contributed by atoms with van der Waals surface area (Å²) in [5.74, 6) is 0. The predicted octanol–water partition coefficient (Wildman–Crippen LogP) is 2.26. The van der Waals surface area contributed by atoms with Crippen LogP contribution in [0.5, 0.6) is 0 Å². The van der Waals surface area contributed by atoms with Gasteiger partial charge in [-0.05, 0) is 39.8 Å². The van der Waals surface area contributed by atoms with Crippen LogP contribution in [0.1, 0.15) is 46.5 Å². The molecular weight excluding hydrogens is 224 g/mol. The summed E-state index contributed by atoms with van der Waals surface area (Å²) < 4.78 is 5.79. The number of rotatable bonds is 5. The van der Waals surface area contributed by atoms with Crippen molar-refractivity contribution in [3.63, 3.8) is 0 Å². The first-order chi connectivity index (χ1) is 8.55. The van der Waals surface area contributed by atoms with E-state index in [1.807, 2.05) is 0 Å². The van der Waals surface area contributed by atoms with E-state index in [0.29, 0.717) is 17.6 Å². The van der Waals surface area contributed by atoms with Gasteiger partial charge in [0.1, 0.15) is 0 Å². The topological polar surface area (TPSA) is 24.5 Å². The van der Waals surface area contributed by atoms with Gasteiger partial charge in [0.15, 0.2) is 0 Å². The monoisotopic (exact) mass is 254 g/mol. The molecule has 0 radical (unpaired) electrons. The van der Waals surface area contributed by atoms with E-state index < -0.39 is 0 Å². The third-order valence-electron chi connectivity index (χ3n) is 5.07. The number of hydrogen-bond donors (Lipinski definition) is 1. The minimum absolute atomic E-state index is 0.295. The molecule has 0 bridgehead atoms. The molecule has 2 rings (SSSR count). The van der Waals surface area contributed by atoms with Crippen molar-refractivity contribution < 1.29 is 4.74 Å². The molecule has 18 heavy (non-hydrogen) atoms. The molecule has 1 aliphatic carbocycles. The highest BCUT2D eigenvalue weighted by atomic mass is 16.5. The maximum Gasteiger partial charge on any atom is 0.0655 e. The second-order valence-electron chi connectivity index (χ2n) is 6.59. The Morgan fingerprint density at radius 2 is 2.11 bits per heavy atom. The Bertz CT molecular complexity index is 267. The zero-order valence-corrected chi connectivity index (χ0v) is 12.5.